The van der Waals surface area contributed by atoms with Crippen molar-refractivity contribution in [3.63, 3.8) is 0 Å². The molecule has 2 aromatic carbocycles. The van der Waals surface area contributed by atoms with Gasteiger partial charge in [0.1, 0.15) is 35.6 Å². The monoisotopic (exact) mass is 474 g/mol. The van der Waals surface area contributed by atoms with E-state index in [4.69, 9.17) is 36.6 Å². The summed E-state index contributed by atoms with van der Waals surface area (Å²) in [5.74, 6) is -1.48. The van der Waals surface area contributed by atoms with E-state index in [2.05, 4.69) is 0 Å². The van der Waals surface area contributed by atoms with Crippen LogP contribution in [0.4, 0.5) is 0 Å². The Morgan fingerprint density at radius 2 is 1.42 bits per heavy atom. The normalized spacial score (nSPS) is 32.4. The van der Waals surface area contributed by atoms with Crippen LogP contribution in [0.1, 0.15) is 27.7 Å². The van der Waals surface area contributed by atoms with E-state index in [0.29, 0.717) is 17.8 Å². The molecule has 0 aliphatic carbocycles. The fraction of sp³-hybridized carbons (Fsp3) is 0.500. The Morgan fingerprint density at radius 3 is 2.03 bits per heavy atom. The number of fused-ring (bicyclic) bond motifs is 4. The van der Waals surface area contributed by atoms with Crippen LogP contribution in [-0.4, -0.2) is 48.9 Å². The van der Waals surface area contributed by atoms with Gasteiger partial charge in [-0.3, -0.25) is 4.52 Å². The van der Waals surface area contributed by atoms with E-state index >= 15 is 0 Å². The maximum absolute atomic E-state index is 6.50. The van der Waals surface area contributed by atoms with Crippen LogP contribution in [0.3, 0.4) is 0 Å². The average molecular weight is 474 g/mol. The zero-order valence-electron chi connectivity index (χ0n) is 18.9. The molecular weight excluding hydrogens is 447 g/mol. The maximum atomic E-state index is 6.50. The molecule has 1 aromatic heterocycles. The largest absolute Gasteiger partial charge is 0.399 e. The third-order valence-corrected chi connectivity index (χ3v) is 7.15. The summed E-state index contributed by atoms with van der Waals surface area (Å²) >= 11 is 0. The Morgan fingerprint density at radius 1 is 0.788 bits per heavy atom. The second kappa shape index (κ2) is 7.82. The van der Waals surface area contributed by atoms with Crippen molar-refractivity contribution in [1.29, 1.82) is 0 Å². The van der Waals surface area contributed by atoms with Crippen molar-refractivity contribution in [3.05, 3.63) is 48.5 Å². The highest BCUT2D eigenvalue weighted by molar-refractivity contribution is 7.31. The van der Waals surface area contributed by atoms with Gasteiger partial charge in [-0.05, 0) is 39.8 Å². The Balaban J connectivity index is 1.41. The van der Waals surface area contributed by atoms with Gasteiger partial charge in [0.05, 0.1) is 6.61 Å². The number of hydrogen-bond donors (Lipinski definition) is 0. The first-order chi connectivity index (χ1) is 15.8. The quantitative estimate of drug-likeness (QED) is 0.518. The molecule has 3 aliphatic rings. The first kappa shape index (κ1) is 21.6. The van der Waals surface area contributed by atoms with Gasteiger partial charge < -0.3 is 32.1 Å². The van der Waals surface area contributed by atoms with Crippen molar-refractivity contribution in [3.8, 4) is 0 Å². The third kappa shape index (κ3) is 4.00. The van der Waals surface area contributed by atoms with Crippen molar-refractivity contribution >= 4 is 30.2 Å². The molecule has 0 bridgehead atoms. The van der Waals surface area contributed by atoms with Gasteiger partial charge in [0.25, 0.3) is 0 Å². The standard InChI is InChI=1S/C24H27O8P/c1-23(2)25-13-18(27-23)19-20(21-22(26-19)29-24(3,4)28-21)32-33-30-16-11-7-5-9-14(16)15-10-6-8-12-17(15)31-33/h5-12,18-22H,13H2,1-4H3/t18?,19-,20+,21-,22-/m1/s1. The zero-order chi connectivity index (χ0) is 22.8. The van der Waals surface area contributed by atoms with Crippen LogP contribution in [-0.2, 0) is 23.7 Å². The van der Waals surface area contributed by atoms with Crippen molar-refractivity contribution in [2.45, 2.75) is 70.0 Å². The first-order valence-corrected chi connectivity index (χ1v) is 12.2. The van der Waals surface area contributed by atoms with Gasteiger partial charge in [-0.25, -0.2) is 0 Å². The summed E-state index contributed by atoms with van der Waals surface area (Å²) < 4.78 is 49.3. The molecule has 9 heteroatoms. The second-order valence-electron chi connectivity index (χ2n) is 9.40. The van der Waals surface area contributed by atoms with Crippen LogP contribution in [0.25, 0.3) is 21.9 Å². The molecule has 0 amide bonds. The van der Waals surface area contributed by atoms with Gasteiger partial charge in [-0.15, -0.1) is 0 Å². The summed E-state index contributed by atoms with van der Waals surface area (Å²) in [6, 6.07) is 15.7. The van der Waals surface area contributed by atoms with Gasteiger partial charge in [-0.1, -0.05) is 36.4 Å². The SMILES string of the molecule is CC1(C)OCC([C@H]2O[C@@H]3OC(C)(C)O[C@@H]3[C@H]2Op2oc3ccccc3c3ccccc3o2)O1. The molecule has 5 atom stereocenters. The van der Waals surface area contributed by atoms with Crippen molar-refractivity contribution in [2.75, 3.05) is 6.61 Å². The molecule has 33 heavy (non-hydrogen) atoms. The van der Waals surface area contributed by atoms with Gasteiger partial charge in [-0.2, -0.15) is 0 Å². The first-order valence-electron chi connectivity index (χ1n) is 11.1. The average Bonchev–Trinajstić information content (AvgIpc) is 3.34. The molecular formula is C24H27O8P. The highest BCUT2D eigenvalue weighted by Gasteiger charge is 2.59. The molecule has 8 nitrogen and oxygen atoms in total. The van der Waals surface area contributed by atoms with Crippen LogP contribution in [0.15, 0.2) is 56.9 Å². The van der Waals surface area contributed by atoms with E-state index in [1.54, 1.807) is 0 Å². The Kier molecular flexibility index (Phi) is 5.12. The smallest absolute Gasteiger partial charge is 0.387 e. The molecule has 0 radical (unpaired) electrons. The summed E-state index contributed by atoms with van der Waals surface area (Å²) in [6.07, 6.45) is -2.39. The Hall–Kier alpha value is -1.90. The van der Waals surface area contributed by atoms with E-state index in [1.165, 1.54) is 0 Å². The van der Waals surface area contributed by atoms with Crippen LogP contribution in [0, 0.1) is 0 Å². The van der Waals surface area contributed by atoms with Crippen molar-refractivity contribution in [2.24, 2.45) is 0 Å². The summed E-state index contributed by atoms with van der Waals surface area (Å²) in [4.78, 5) is 0. The van der Waals surface area contributed by atoms with Gasteiger partial charge in [0.2, 0.25) is 0 Å². The predicted molar refractivity (Wildman–Crippen MR) is 120 cm³/mol. The number of ether oxygens (including phenoxy) is 5. The minimum absolute atomic E-state index is 0.340. The number of benzene rings is 2. The highest BCUT2D eigenvalue weighted by Crippen LogP contribution is 2.44. The van der Waals surface area contributed by atoms with Gasteiger partial charge in [0.15, 0.2) is 17.9 Å². The van der Waals surface area contributed by atoms with Gasteiger partial charge >= 0.3 is 8.24 Å². The molecule has 4 heterocycles. The topological polar surface area (TPSA) is 81.7 Å². The van der Waals surface area contributed by atoms with E-state index in [-0.39, 0.29) is 6.10 Å². The van der Waals surface area contributed by atoms with E-state index in [1.807, 2.05) is 76.2 Å². The summed E-state index contributed by atoms with van der Waals surface area (Å²) in [6.45, 7) is 7.85. The molecule has 6 rings (SSSR count). The fourth-order valence-electron chi connectivity index (χ4n) is 4.66. The molecule has 0 N–H and O–H groups in total. The molecule has 3 aliphatic heterocycles. The minimum Gasteiger partial charge on any atom is -0.399 e. The number of hydrogen-bond acceptors (Lipinski definition) is 8. The van der Waals surface area contributed by atoms with Crippen LogP contribution >= 0.6 is 8.24 Å². The van der Waals surface area contributed by atoms with Crippen molar-refractivity contribution < 1.29 is 36.6 Å². The molecule has 176 valence electrons. The molecule has 1 unspecified atom stereocenters. The molecule has 0 saturated carbocycles. The van der Waals surface area contributed by atoms with Crippen LogP contribution in [0.5, 0.6) is 0 Å². The summed E-state index contributed by atoms with van der Waals surface area (Å²) in [5, 5.41) is 1.91. The highest BCUT2D eigenvalue weighted by atomic mass is 31.1. The zero-order valence-corrected chi connectivity index (χ0v) is 19.8. The fourth-order valence-corrected chi connectivity index (χ4v) is 5.86. The molecule has 0 spiro atoms. The maximum Gasteiger partial charge on any atom is 0.387 e. The lowest BCUT2D eigenvalue weighted by molar-refractivity contribution is -0.228. The van der Waals surface area contributed by atoms with E-state index in [0.717, 1.165) is 10.8 Å². The van der Waals surface area contributed by atoms with Crippen molar-refractivity contribution in [1.82, 2.24) is 0 Å². The van der Waals surface area contributed by atoms with Gasteiger partial charge in [0, 0.05) is 10.8 Å². The number of rotatable bonds is 3. The number of para-hydroxylation sites is 2. The molecule has 3 saturated heterocycles. The van der Waals surface area contributed by atoms with Crippen LogP contribution < -0.4 is 4.52 Å². The lowest BCUT2D eigenvalue weighted by atomic mass is 10.1. The summed E-state index contributed by atoms with van der Waals surface area (Å²) in [5.41, 5.74) is 1.40. The van der Waals surface area contributed by atoms with E-state index < -0.39 is 44.4 Å². The lowest BCUT2D eigenvalue weighted by Crippen LogP contribution is -2.45. The lowest BCUT2D eigenvalue weighted by Gasteiger charge is -2.28. The third-order valence-electron chi connectivity index (χ3n) is 6.04. The second-order valence-corrected chi connectivity index (χ2v) is 10.4. The van der Waals surface area contributed by atoms with E-state index in [9.17, 15) is 0 Å². The molecule has 3 fully saturated rings. The summed E-state index contributed by atoms with van der Waals surface area (Å²) in [7, 11) is -1.81. The predicted octanol–water partition coefficient (Wildman–Crippen LogP) is 5.12. The molecule has 3 aromatic rings. The Labute approximate surface area is 192 Å². The minimum atomic E-state index is -1.81. The van der Waals surface area contributed by atoms with Crippen LogP contribution in [0.2, 0.25) is 0 Å². The Bertz CT molecular complexity index is 1160.